The number of aryl methyl sites for hydroxylation is 2. The van der Waals surface area contributed by atoms with Crippen LogP contribution in [0.15, 0.2) is 18.2 Å². The second-order valence-electron chi connectivity index (χ2n) is 10.1. The third-order valence-electron chi connectivity index (χ3n) is 8.32. The van der Waals surface area contributed by atoms with E-state index in [0.717, 1.165) is 30.3 Å². The van der Waals surface area contributed by atoms with E-state index in [4.69, 9.17) is 4.74 Å². The fourth-order valence-corrected chi connectivity index (χ4v) is 6.52. The minimum absolute atomic E-state index is 0.573. The average Bonchev–Trinajstić information content (AvgIpc) is 2.75. The predicted molar refractivity (Wildman–Crippen MR) is 119 cm³/mol. The summed E-state index contributed by atoms with van der Waals surface area (Å²) in [5.41, 5.74) is 4.84. The van der Waals surface area contributed by atoms with Gasteiger partial charge < -0.3 is 4.74 Å². The van der Waals surface area contributed by atoms with Gasteiger partial charge in [-0.15, -0.1) is 0 Å². The molecule has 0 amide bonds. The highest BCUT2D eigenvalue weighted by Crippen LogP contribution is 2.47. The molecule has 0 spiro atoms. The van der Waals surface area contributed by atoms with Crippen molar-refractivity contribution in [3.05, 3.63) is 34.9 Å². The third kappa shape index (κ3) is 4.84. The molecule has 0 heterocycles. The molecule has 1 nitrogen and oxygen atoms in total. The van der Waals surface area contributed by atoms with Gasteiger partial charge in [-0.25, -0.2) is 0 Å². The van der Waals surface area contributed by atoms with Crippen LogP contribution in [0.5, 0.6) is 0 Å². The van der Waals surface area contributed by atoms with Gasteiger partial charge in [0.25, 0.3) is 0 Å². The monoisotopic (exact) mass is 382 g/mol. The van der Waals surface area contributed by atoms with Gasteiger partial charge in [0.05, 0.1) is 6.10 Å². The Labute approximate surface area is 173 Å². The molecule has 3 aliphatic rings. The Morgan fingerprint density at radius 2 is 1.61 bits per heavy atom. The maximum Gasteiger partial charge on any atom is 0.0578 e. The second-order valence-corrected chi connectivity index (χ2v) is 10.1. The molecule has 5 atom stereocenters. The van der Waals surface area contributed by atoms with Gasteiger partial charge in [-0.1, -0.05) is 44.9 Å². The Balaban J connectivity index is 1.27. The van der Waals surface area contributed by atoms with E-state index >= 15 is 0 Å². The summed E-state index contributed by atoms with van der Waals surface area (Å²) in [7, 11) is 0. The summed E-state index contributed by atoms with van der Waals surface area (Å²) in [4.78, 5) is 0. The van der Waals surface area contributed by atoms with Crippen molar-refractivity contribution in [1.82, 2.24) is 0 Å². The number of ether oxygens (including phenoxy) is 1. The predicted octanol–water partition coefficient (Wildman–Crippen LogP) is 7.15. The number of fused-ring (bicyclic) bond motifs is 2. The van der Waals surface area contributed by atoms with Crippen molar-refractivity contribution in [3.8, 4) is 0 Å². The third-order valence-corrected chi connectivity index (χ3v) is 8.32. The van der Waals surface area contributed by atoms with Crippen LogP contribution in [0.25, 0.3) is 0 Å². The minimum Gasteiger partial charge on any atom is -0.378 e. The fraction of sp³-hybridized carbons (Fsp3) is 0.778. The minimum atomic E-state index is 0.573. The molecule has 3 aliphatic carbocycles. The summed E-state index contributed by atoms with van der Waals surface area (Å²) >= 11 is 0. The first-order valence-electron chi connectivity index (χ1n) is 12.5. The van der Waals surface area contributed by atoms with E-state index in [9.17, 15) is 0 Å². The van der Waals surface area contributed by atoms with Crippen molar-refractivity contribution < 1.29 is 4.74 Å². The molecule has 156 valence electrons. The van der Waals surface area contributed by atoms with Crippen LogP contribution >= 0.6 is 0 Å². The summed E-state index contributed by atoms with van der Waals surface area (Å²) in [5, 5.41) is 0. The van der Waals surface area contributed by atoms with Gasteiger partial charge in [-0.2, -0.15) is 0 Å². The summed E-state index contributed by atoms with van der Waals surface area (Å²) in [6.45, 7) is 5.55. The van der Waals surface area contributed by atoms with Crippen LogP contribution in [0.4, 0.5) is 0 Å². The lowest BCUT2D eigenvalue weighted by molar-refractivity contribution is -0.0249. The van der Waals surface area contributed by atoms with Crippen LogP contribution in [-0.2, 0) is 24.0 Å². The topological polar surface area (TPSA) is 9.23 Å². The van der Waals surface area contributed by atoms with E-state index < -0.39 is 0 Å². The normalized spacial score (nSPS) is 32.6. The molecule has 0 N–H and O–H groups in total. The fourth-order valence-electron chi connectivity index (χ4n) is 6.52. The zero-order chi connectivity index (χ0) is 19.3. The number of benzene rings is 1. The highest BCUT2D eigenvalue weighted by molar-refractivity contribution is 5.34. The van der Waals surface area contributed by atoms with Gasteiger partial charge in [-0.3, -0.25) is 0 Å². The maximum absolute atomic E-state index is 6.24. The first kappa shape index (κ1) is 20.5. The Hall–Kier alpha value is -0.820. The molecule has 1 aromatic carbocycles. The molecule has 2 saturated carbocycles. The number of hydrogen-bond acceptors (Lipinski definition) is 1. The first-order valence-corrected chi connectivity index (χ1v) is 12.5. The molecule has 1 heteroatoms. The molecule has 2 fully saturated rings. The van der Waals surface area contributed by atoms with Gasteiger partial charge in [-0.05, 0) is 111 Å². The maximum atomic E-state index is 6.24. The zero-order valence-corrected chi connectivity index (χ0v) is 18.4. The molecule has 0 aromatic heterocycles. The molecule has 1 aromatic rings. The van der Waals surface area contributed by atoms with Gasteiger partial charge in [0.2, 0.25) is 0 Å². The van der Waals surface area contributed by atoms with E-state index in [0.29, 0.717) is 6.10 Å². The van der Waals surface area contributed by atoms with Crippen LogP contribution in [0.1, 0.15) is 94.7 Å². The van der Waals surface area contributed by atoms with Crippen LogP contribution in [0.2, 0.25) is 0 Å². The standard InChI is InChI=1S/C27H42O/c1-3-5-6-15-28-27-14-13-25-18-24(11-12-26(25)19-27)23-10-9-21-16-20(4-2)7-8-22(21)17-23/h7-8,16,23-27H,3-6,9-15,17-19H2,1-2H3. The molecular weight excluding hydrogens is 340 g/mol. The van der Waals surface area contributed by atoms with Gasteiger partial charge in [0.15, 0.2) is 0 Å². The number of rotatable bonds is 7. The molecule has 5 unspecified atom stereocenters. The zero-order valence-electron chi connectivity index (χ0n) is 18.4. The van der Waals surface area contributed by atoms with Crippen molar-refractivity contribution in [3.63, 3.8) is 0 Å². The summed E-state index contributed by atoms with van der Waals surface area (Å²) in [6, 6.07) is 7.32. The van der Waals surface area contributed by atoms with Crippen LogP contribution < -0.4 is 0 Å². The van der Waals surface area contributed by atoms with Crippen molar-refractivity contribution in [2.24, 2.45) is 23.7 Å². The Morgan fingerprint density at radius 3 is 2.43 bits per heavy atom. The van der Waals surface area contributed by atoms with Gasteiger partial charge >= 0.3 is 0 Å². The lowest BCUT2D eigenvalue weighted by atomic mass is 9.62. The quantitative estimate of drug-likeness (QED) is 0.455. The van der Waals surface area contributed by atoms with Crippen molar-refractivity contribution in [2.45, 2.75) is 103 Å². The largest absolute Gasteiger partial charge is 0.378 e. The van der Waals surface area contributed by atoms with Gasteiger partial charge in [0.1, 0.15) is 0 Å². The molecule has 28 heavy (non-hydrogen) atoms. The average molecular weight is 383 g/mol. The summed E-state index contributed by atoms with van der Waals surface area (Å²) < 4.78 is 6.24. The SMILES string of the molecule is CCCCCOC1CCC2CC(C3CCc4cc(CC)ccc4C3)CCC2C1. The van der Waals surface area contributed by atoms with Crippen molar-refractivity contribution in [1.29, 1.82) is 0 Å². The first-order chi connectivity index (χ1) is 13.8. The van der Waals surface area contributed by atoms with Gasteiger partial charge in [0, 0.05) is 6.61 Å². The van der Waals surface area contributed by atoms with Crippen molar-refractivity contribution in [2.75, 3.05) is 6.61 Å². The van der Waals surface area contributed by atoms with E-state index in [2.05, 4.69) is 32.0 Å². The smallest absolute Gasteiger partial charge is 0.0578 e. The van der Waals surface area contributed by atoms with E-state index in [1.165, 1.54) is 89.0 Å². The van der Waals surface area contributed by atoms with E-state index in [-0.39, 0.29) is 0 Å². The summed E-state index contributed by atoms with van der Waals surface area (Å²) in [5.74, 6) is 3.90. The molecule has 0 saturated heterocycles. The van der Waals surface area contributed by atoms with E-state index in [1.807, 2.05) is 0 Å². The molecule has 0 aliphatic heterocycles. The Kier molecular flexibility index (Phi) is 7.15. The molecule has 4 rings (SSSR count). The lowest BCUT2D eigenvalue weighted by Gasteiger charge is -2.45. The molecule has 0 radical (unpaired) electrons. The summed E-state index contributed by atoms with van der Waals surface area (Å²) in [6.07, 6.45) is 18.3. The van der Waals surface area contributed by atoms with Crippen molar-refractivity contribution >= 4 is 0 Å². The number of unbranched alkanes of at least 4 members (excludes halogenated alkanes) is 2. The van der Waals surface area contributed by atoms with Crippen LogP contribution in [0, 0.1) is 23.7 Å². The van der Waals surface area contributed by atoms with Crippen LogP contribution in [0.3, 0.4) is 0 Å². The molecule has 0 bridgehead atoms. The highest BCUT2D eigenvalue weighted by Gasteiger charge is 2.38. The van der Waals surface area contributed by atoms with Crippen LogP contribution in [-0.4, -0.2) is 12.7 Å². The Morgan fingerprint density at radius 1 is 0.821 bits per heavy atom. The highest BCUT2D eigenvalue weighted by atomic mass is 16.5. The Bertz CT molecular complexity index is 621. The second kappa shape index (κ2) is 9.79. The molecular formula is C27H42O. The number of hydrogen-bond donors (Lipinski definition) is 0. The van der Waals surface area contributed by atoms with E-state index in [1.54, 1.807) is 11.1 Å². The lowest BCUT2D eigenvalue weighted by Crippen LogP contribution is -2.37.